The summed E-state index contributed by atoms with van der Waals surface area (Å²) < 4.78 is 86.4. The summed E-state index contributed by atoms with van der Waals surface area (Å²) in [5.74, 6) is 0.222. The van der Waals surface area contributed by atoms with Crippen LogP contribution in [0.1, 0.15) is 31.4 Å². The molecule has 4 heterocycles. The highest BCUT2D eigenvalue weighted by Gasteiger charge is 2.43. The summed E-state index contributed by atoms with van der Waals surface area (Å²) >= 11 is 0. The van der Waals surface area contributed by atoms with Crippen LogP contribution in [0.15, 0.2) is 52.5 Å². The lowest BCUT2D eigenvalue weighted by molar-refractivity contribution is -0.0406. The van der Waals surface area contributed by atoms with Crippen molar-refractivity contribution in [3.8, 4) is 22.8 Å². The Hall–Kier alpha value is -3.39. The van der Waals surface area contributed by atoms with Crippen molar-refractivity contribution in [2.75, 3.05) is 5.75 Å². The van der Waals surface area contributed by atoms with Crippen molar-refractivity contribution in [1.29, 1.82) is 4.78 Å². The molecule has 5 rings (SSSR count). The quantitative estimate of drug-likeness (QED) is 0.368. The third kappa shape index (κ3) is 4.37. The van der Waals surface area contributed by atoms with Crippen molar-refractivity contribution < 1.29 is 25.8 Å². The average Bonchev–Trinajstić information content (AvgIpc) is 3.67. The zero-order valence-corrected chi connectivity index (χ0v) is 21.3. The fraction of sp³-hybridized carbons (Fsp3) is 0.304. The molecule has 9 nitrogen and oxygen atoms in total. The van der Waals surface area contributed by atoms with Crippen molar-refractivity contribution in [2.24, 2.45) is 7.05 Å². The molecule has 194 valence electrons. The number of alkyl halides is 3. The van der Waals surface area contributed by atoms with E-state index in [1.54, 1.807) is 6.07 Å². The molecule has 0 aliphatic heterocycles. The average molecular weight is 551 g/mol. The van der Waals surface area contributed by atoms with Gasteiger partial charge in [-0.05, 0) is 37.1 Å². The molecule has 1 aliphatic rings. The fourth-order valence-electron chi connectivity index (χ4n) is 3.92. The monoisotopic (exact) mass is 550 g/mol. The summed E-state index contributed by atoms with van der Waals surface area (Å²) in [4.78, 5) is 16.3. The lowest BCUT2D eigenvalue weighted by Gasteiger charge is -2.11. The second-order valence-electron chi connectivity index (χ2n) is 8.71. The standard InChI is InChI=1S/C23H21F3N6O3S2/c1-3-36(33,34)19-9-14(17-6-4-5-16(30-17)13-7-8-13)11-28-20(19)22-31-18-10-15(12-29-21(18)32(22)2)37(27,35)23(24,25)26/h4-6,9-13,27H,3,7-8H2,1-2H3. The van der Waals surface area contributed by atoms with Gasteiger partial charge in [-0.3, -0.25) is 9.97 Å². The van der Waals surface area contributed by atoms with Crippen LogP contribution in [-0.2, 0) is 26.6 Å². The molecule has 1 saturated carbocycles. The zero-order chi connectivity index (χ0) is 26.8. The Bertz CT molecular complexity index is 1760. The molecule has 4 aromatic rings. The minimum atomic E-state index is -5.29. The Labute approximate surface area is 210 Å². The van der Waals surface area contributed by atoms with E-state index in [-0.39, 0.29) is 33.3 Å². The molecule has 0 bridgehead atoms. The summed E-state index contributed by atoms with van der Waals surface area (Å²) in [5, 5.41) is 0. The van der Waals surface area contributed by atoms with E-state index in [0.717, 1.165) is 30.8 Å². The Morgan fingerprint density at radius 3 is 2.46 bits per heavy atom. The molecule has 0 spiro atoms. The van der Waals surface area contributed by atoms with E-state index in [1.165, 1.54) is 30.8 Å². The maximum atomic E-state index is 13.1. The van der Waals surface area contributed by atoms with E-state index in [9.17, 15) is 25.8 Å². The number of aromatic nitrogens is 5. The first kappa shape index (κ1) is 25.3. The van der Waals surface area contributed by atoms with Crippen molar-refractivity contribution in [2.45, 2.75) is 41.0 Å². The molecular weight excluding hydrogens is 529 g/mol. The molecule has 1 fully saturated rings. The fourth-order valence-corrected chi connectivity index (χ4v) is 5.73. The SMILES string of the molecule is CCS(=O)(=O)c1cc(-c2cccc(C3CC3)n2)cnc1-c1nc2cc(S(=N)(=O)C(F)(F)F)cnc2n1C. The van der Waals surface area contributed by atoms with Gasteiger partial charge in [0.25, 0.3) is 0 Å². The molecule has 1 atom stereocenters. The number of fused-ring (bicyclic) bond motifs is 1. The van der Waals surface area contributed by atoms with Crippen LogP contribution < -0.4 is 0 Å². The highest BCUT2D eigenvalue weighted by molar-refractivity contribution is 7.93. The van der Waals surface area contributed by atoms with Crippen LogP contribution in [0.3, 0.4) is 0 Å². The number of sulfone groups is 1. The number of halogens is 3. The molecule has 1 N–H and O–H groups in total. The molecule has 1 aliphatic carbocycles. The topological polar surface area (TPSA) is 132 Å². The largest absolute Gasteiger partial charge is 0.483 e. The first-order valence-corrected chi connectivity index (χ1v) is 14.4. The normalized spacial score (nSPS) is 16.1. The predicted octanol–water partition coefficient (Wildman–Crippen LogP) is 4.69. The van der Waals surface area contributed by atoms with Crippen LogP contribution in [0.2, 0.25) is 0 Å². The first-order valence-electron chi connectivity index (χ1n) is 11.2. The van der Waals surface area contributed by atoms with Crippen LogP contribution in [0.5, 0.6) is 0 Å². The number of rotatable bonds is 6. The maximum Gasteiger partial charge on any atom is 0.483 e. The maximum absolute atomic E-state index is 13.1. The van der Waals surface area contributed by atoms with Gasteiger partial charge in [-0.15, -0.1) is 0 Å². The van der Waals surface area contributed by atoms with E-state index >= 15 is 0 Å². The van der Waals surface area contributed by atoms with E-state index < -0.39 is 30.0 Å². The van der Waals surface area contributed by atoms with Crippen molar-refractivity contribution >= 4 is 30.7 Å². The van der Waals surface area contributed by atoms with Gasteiger partial charge in [0.2, 0.25) is 0 Å². The molecular formula is C23H21F3N6O3S2. The Morgan fingerprint density at radius 2 is 1.81 bits per heavy atom. The van der Waals surface area contributed by atoms with E-state index in [4.69, 9.17) is 4.78 Å². The molecule has 4 aromatic heterocycles. The summed E-state index contributed by atoms with van der Waals surface area (Å²) in [6, 6.07) is 7.91. The van der Waals surface area contributed by atoms with E-state index in [2.05, 4.69) is 19.9 Å². The minimum Gasteiger partial charge on any atom is -0.310 e. The first-order chi connectivity index (χ1) is 17.3. The Morgan fingerprint density at radius 1 is 1.08 bits per heavy atom. The van der Waals surface area contributed by atoms with Gasteiger partial charge in [0.1, 0.15) is 11.2 Å². The van der Waals surface area contributed by atoms with Crippen LogP contribution in [-0.4, -0.2) is 48.4 Å². The Balaban J connectivity index is 1.67. The number of imidazole rings is 1. The van der Waals surface area contributed by atoms with Crippen molar-refractivity contribution in [3.05, 3.63) is 48.4 Å². The summed E-state index contributed by atoms with van der Waals surface area (Å²) in [5.41, 5.74) is -3.26. The summed E-state index contributed by atoms with van der Waals surface area (Å²) in [6.45, 7) is 1.49. The molecule has 0 aromatic carbocycles. The van der Waals surface area contributed by atoms with Crippen LogP contribution in [0, 0.1) is 4.78 Å². The van der Waals surface area contributed by atoms with Crippen LogP contribution >= 0.6 is 0 Å². The zero-order valence-electron chi connectivity index (χ0n) is 19.7. The van der Waals surface area contributed by atoms with Crippen LogP contribution in [0.25, 0.3) is 33.9 Å². The summed E-state index contributed by atoms with van der Waals surface area (Å²) in [6.07, 6.45) is 4.31. The number of nitrogens with one attached hydrogen (secondary N) is 1. The lowest BCUT2D eigenvalue weighted by atomic mass is 10.1. The van der Waals surface area contributed by atoms with Gasteiger partial charge < -0.3 is 4.57 Å². The molecule has 37 heavy (non-hydrogen) atoms. The second-order valence-corrected chi connectivity index (χ2v) is 13.0. The highest BCUT2D eigenvalue weighted by Crippen LogP contribution is 2.40. The van der Waals surface area contributed by atoms with Crippen molar-refractivity contribution in [3.63, 3.8) is 0 Å². The third-order valence-electron chi connectivity index (χ3n) is 6.18. The molecule has 1 unspecified atom stereocenters. The highest BCUT2D eigenvalue weighted by atomic mass is 32.2. The van der Waals surface area contributed by atoms with Gasteiger partial charge in [-0.2, -0.15) is 13.2 Å². The number of nitrogens with zero attached hydrogens (tertiary/aromatic N) is 5. The van der Waals surface area contributed by atoms with Gasteiger partial charge >= 0.3 is 5.51 Å². The smallest absolute Gasteiger partial charge is 0.310 e. The van der Waals surface area contributed by atoms with Gasteiger partial charge in [-0.25, -0.2) is 27.4 Å². The van der Waals surface area contributed by atoms with Crippen LogP contribution in [0.4, 0.5) is 13.2 Å². The molecule has 0 amide bonds. The van der Waals surface area contributed by atoms with Gasteiger partial charge in [0.15, 0.2) is 31.0 Å². The number of hydrogen-bond acceptors (Lipinski definition) is 8. The van der Waals surface area contributed by atoms with Crippen molar-refractivity contribution in [1.82, 2.24) is 24.5 Å². The third-order valence-corrected chi connectivity index (χ3v) is 9.46. The number of pyridine rings is 3. The van der Waals surface area contributed by atoms with Gasteiger partial charge in [0, 0.05) is 36.6 Å². The number of aryl methyl sites for hydroxylation is 1. The second kappa shape index (κ2) is 8.58. The Kier molecular flexibility index (Phi) is 5.86. The van der Waals surface area contributed by atoms with Gasteiger partial charge in [-0.1, -0.05) is 13.0 Å². The number of hydrogen-bond donors (Lipinski definition) is 1. The van der Waals surface area contributed by atoms with E-state index in [1.807, 2.05) is 12.1 Å². The molecule has 0 saturated heterocycles. The molecule has 14 heteroatoms. The lowest BCUT2D eigenvalue weighted by Crippen LogP contribution is -2.22. The van der Waals surface area contributed by atoms with E-state index in [0.29, 0.717) is 17.2 Å². The summed E-state index contributed by atoms with van der Waals surface area (Å²) in [7, 11) is -7.45. The van der Waals surface area contributed by atoms with Gasteiger partial charge in [0.05, 0.1) is 21.2 Å². The molecule has 0 radical (unpaired) electrons. The predicted molar refractivity (Wildman–Crippen MR) is 130 cm³/mol. The minimum absolute atomic E-state index is 0.00609.